The van der Waals surface area contributed by atoms with Crippen molar-refractivity contribution in [1.82, 2.24) is 19.9 Å². The summed E-state index contributed by atoms with van der Waals surface area (Å²) in [5.41, 5.74) is 3.79. The predicted molar refractivity (Wildman–Crippen MR) is 112 cm³/mol. The van der Waals surface area contributed by atoms with Crippen molar-refractivity contribution in [2.75, 3.05) is 23.0 Å². The predicted octanol–water partition coefficient (Wildman–Crippen LogP) is 4.65. The Morgan fingerprint density at radius 3 is 2.63 bits per heavy atom. The van der Waals surface area contributed by atoms with E-state index in [1.54, 1.807) is 11.3 Å². The van der Waals surface area contributed by atoms with E-state index in [4.69, 9.17) is 0 Å². The van der Waals surface area contributed by atoms with Gasteiger partial charge in [-0.2, -0.15) is 15.0 Å². The van der Waals surface area contributed by atoms with Gasteiger partial charge in [0.05, 0.1) is 15.7 Å². The summed E-state index contributed by atoms with van der Waals surface area (Å²) in [5.74, 6) is 2.36. The van der Waals surface area contributed by atoms with Crippen LogP contribution in [0, 0.1) is 5.92 Å². The van der Waals surface area contributed by atoms with Crippen LogP contribution >= 0.6 is 11.3 Å². The molecule has 0 bridgehead atoms. The average molecular weight is 384 g/mol. The maximum absolute atomic E-state index is 4.58. The molecule has 0 spiro atoms. The first-order valence-corrected chi connectivity index (χ1v) is 10.4. The van der Waals surface area contributed by atoms with Gasteiger partial charge in [0, 0.05) is 18.8 Å². The van der Waals surface area contributed by atoms with E-state index in [9.17, 15) is 0 Å². The number of anilines is 4. The Morgan fingerprint density at radius 2 is 1.81 bits per heavy atom. The van der Waals surface area contributed by atoms with Crippen molar-refractivity contribution in [3.05, 3.63) is 23.7 Å². The molecular formula is C19H25N7S. The fourth-order valence-electron chi connectivity index (χ4n) is 3.63. The summed E-state index contributed by atoms with van der Waals surface area (Å²) in [5, 5.41) is 9.80. The third-order valence-electron chi connectivity index (χ3n) is 5.16. The van der Waals surface area contributed by atoms with Crippen LogP contribution in [0.3, 0.4) is 0 Å². The lowest BCUT2D eigenvalue weighted by Crippen LogP contribution is -2.28. The normalized spacial score (nSPS) is 16.2. The summed E-state index contributed by atoms with van der Waals surface area (Å²) in [6, 6.07) is 6.40. The van der Waals surface area contributed by atoms with Crippen molar-refractivity contribution in [3.63, 3.8) is 0 Å². The van der Waals surface area contributed by atoms with E-state index >= 15 is 0 Å². The first kappa shape index (κ1) is 17.9. The minimum atomic E-state index is 0.346. The molecule has 142 valence electrons. The molecule has 1 fully saturated rings. The van der Waals surface area contributed by atoms with Crippen LogP contribution in [-0.4, -0.2) is 33.0 Å². The highest BCUT2D eigenvalue weighted by atomic mass is 32.1. The molecule has 3 aromatic rings. The lowest BCUT2D eigenvalue weighted by molar-refractivity contribution is 0.327. The van der Waals surface area contributed by atoms with Crippen LogP contribution < -0.4 is 16.0 Å². The van der Waals surface area contributed by atoms with Crippen molar-refractivity contribution in [2.24, 2.45) is 5.92 Å². The van der Waals surface area contributed by atoms with Gasteiger partial charge in [0.2, 0.25) is 17.8 Å². The minimum absolute atomic E-state index is 0.346. The van der Waals surface area contributed by atoms with Crippen molar-refractivity contribution in [3.8, 4) is 0 Å². The maximum Gasteiger partial charge on any atom is 0.233 e. The van der Waals surface area contributed by atoms with E-state index in [0.29, 0.717) is 29.8 Å². The highest BCUT2D eigenvalue weighted by Crippen LogP contribution is 2.28. The molecule has 7 nitrogen and oxygen atoms in total. The zero-order chi connectivity index (χ0) is 18.6. The summed E-state index contributed by atoms with van der Waals surface area (Å²) in [7, 11) is 1.82. The van der Waals surface area contributed by atoms with Crippen molar-refractivity contribution >= 4 is 45.1 Å². The maximum atomic E-state index is 4.58. The zero-order valence-corrected chi connectivity index (χ0v) is 16.5. The third kappa shape index (κ3) is 4.27. The van der Waals surface area contributed by atoms with Crippen LogP contribution in [0.15, 0.2) is 23.7 Å². The Hall–Kier alpha value is -2.48. The Bertz CT molecular complexity index is 904. The van der Waals surface area contributed by atoms with E-state index in [2.05, 4.69) is 48.9 Å². The van der Waals surface area contributed by atoms with Gasteiger partial charge in [-0.05, 0) is 43.9 Å². The molecular weight excluding hydrogens is 358 g/mol. The Morgan fingerprint density at radius 1 is 1.04 bits per heavy atom. The van der Waals surface area contributed by atoms with Crippen LogP contribution in [0.5, 0.6) is 0 Å². The number of hydrogen-bond acceptors (Lipinski definition) is 8. The van der Waals surface area contributed by atoms with Crippen molar-refractivity contribution in [1.29, 1.82) is 0 Å². The largest absolute Gasteiger partial charge is 0.357 e. The molecule has 8 heteroatoms. The second-order valence-electron chi connectivity index (χ2n) is 7.05. The summed E-state index contributed by atoms with van der Waals surface area (Å²) in [4.78, 5) is 17.8. The molecule has 4 rings (SSSR count). The molecule has 27 heavy (non-hydrogen) atoms. The Balaban J connectivity index is 1.52. The quantitative estimate of drug-likeness (QED) is 0.571. The molecule has 1 atom stereocenters. The number of rotatable bonds is 6. The van der Waals surface area contributed by atoms with Crippen molar-refractivity contribution in [2.45, 2.75) is 45.1 Å². The van der Waals surface area contributed by atoms with E-state index in [0.717, 1.165) is 15.9 Å². The first-order valence-electron chi connectivity index (χ1n) is 9.52. The lowest BCUT2D eigenvalue weighted by atomic mass is 9.85. The lowest BCUT2D eigenvalue weighted by Gasteiger charge is -2.28. The number of nitrogens with one attached hydrogen (secondary N) is 3. The van der Waals surface area contributed by atoms with E-state index in [1.165, 1.54) is 32.1 Å². The Kier molecular flexibility index (Phi) is 5.33. The summed E-state index contributed by atoms with van der Waals surface area (Å²) >= 11 is 1.62. The van der Waals surface area contributed by atoms with Gasteiger partial charge in [0.1, 0.15) is 0 Å². The second-order valence-corrected chi connectivity index (χ2v) is 7.93. The number of thiazole rings is 1. The van der Waals surface area contributed by atoms with Gasteiger partial charge in [0.15, 0.2) is 0 Å². The molecule has 0 saturated heterocycles. The molecule has 1 aliphatic carbocycles. The average Bonchev–Trinajstić information content (AvgIpc) is 3.16. The van der Waals surface area contributed by atoms with Gasteiger partial charge in [0.25, 0.3) is 0 Å². The molecule has 1 aromatic carbocycles. The van der Waals surface area contributed by atoms with E-state index in [-0.39, 0.29) is 0 Å². The van der Waals surface area contributed by atoms with E-state index in [1.807, 2.05) is 24.7 Å². The monoisotopic (exact) mass is 383 g/mol. The van der Waals surface area contributed by atoms with Gasteiger partial charge in [-0.3, -0.25) is 0 Å². The molecule has 1 saturated carbocycles. The molecule has 2 heterocycles. The number of fused-ring (bicyclic) bond motifs is 1. The Labute approximate surface area is 163 Å². The third-order valence-corrected chi connectivity index (χ3v) is 5.95. The van der Waals surface area contributed by atoms with Crippen LogP contribution in [0.4, 0.5) is 23.5 Å². The zero-order valence-electron chi connectivity index (χ0n) is 15.7. The molecule has 0 unspecified atom stereocenters. The topological polar surface area (TPSA) is 87.7 Å². The molecule has 0 radical (unpaired) electrons. The number of benzene rings is 1. The fraction of sp³-hybridized carbons (Fsp3) is 0.474. The SMILES string of the molecule is CNc1nc(Nc2ccc3ncsc3c2)nc(N[C@@H](C)C2CCCCC2)n1. The molecule has 0 amide bonds. The highest BCUT2D eigenvalue weighted by Gasteiger charge is 2.21. The van der Waals surface area contributed by atoms with Gasteiger partial charge in [-0.25, -0.2) is 4.98 Å². The van der Waals surface area contributed by atoms with Crippen LogP contribution in [-0.2, 0) is 0 Å². The second kappa shape index (κ2) is 8.04. The molecule has 0 aliphatic heterocycles. The van der Waals surface area contributed by atoms with Crippen molar-refractivity contribution < 1.29 is 0 Å². The first-order chi connectivity index (χ1) is 13.2. The van der Waals surface area contributed by atoms with Crippen LogP contribution in [0.25, 0.3) is 10.2 Å². The van der Waals surface area contributed by atoms with Gasteiger partial charge >= 0.3 is 0 Å². The highest BCUT2D eigenvalue weighted by molar-refractivity contribution is 7.16. The van der Waals surface area contributed by atoms with Crippen LogP contribution in [0.1, 0.15) is 39.0 Å². The van der Waals surface area contributed by atoms with Gasteiger partial charge < -0.3 is 16.0 Å². The van der Waals surface area contributed by atoms with Gasteiger partial charge in [-0.1, -0.05) is 19.3 Å². The molecule has 3 N–H and O–H groups in total. The number of hydrogen-bond donors (Lipinski definition) is 3. The molecule has 1 aliphatic rings. The van der Waals surface area contributed by atoms with Crippen LogP contribution in [0.2, 0.25) is 0 Å². The standard InChI is InChI=1S/C19H25N7S/c1-12(13-6-4-3-5-7-13)22-18-24-17(20-2)25-19(26-18)23-14-8-9-15-16(10-14)27-11-21-15/h8-13H,3-7H2,1-2H3,(H3,20,22,23,24,25,26)/t12-/m0/s1. The fourth-order valence-corrected chi connectivity index (χ4v) is 4.34. The summed E-state index contributed by atoms with van der Waals surface area (Å²) in [6.07, 6.45) is 6.55. The number of aromatic nitrogens is 4. The summed E-state index contributed by atoms with van der Waals surface area (Å²) in [6.45, 7) is 2.23. The smallest absolute Gasteiger partial charge is 0.233 e. The van der Waals surface area contributed by atoms with Gasteiger partial charge in [-0.15, -0.1) is 11.3 Å². The minimum Gasteiger partial charge on any atom is -0.357 e. The van der Waals surface area contributed by atoms with E-state index < -0.39 is 0 Å². The number of nitrogens with zero attached hydrogens (tertiary/aromatic N) is 4. The summed E-state index contributed by atoms with van der Waals surface area (Å²) < 4.78 is 1.13. The molecule has 2 aromatic heterocycles.